The van der Waals surface area contributed by atoms with E-state index in [2.05, 4.69) is 5.32 Å². The second-order valence-electron chi connectivity index (χ2n) is 8.05. The second-order valence-corrected chi connectivity index (χ2v) is 8.05. The molecule has 31 heavy (non-hydrogen) atoms. The summed E-state index contributed by atoms with van der Waals surface area (Å²) in [5.74, 6) is -0.961. The number of hydrogen-bond acceptors (Lipinski definition) is 6. The van der Waals surface area contributed by atoms with Gasteiger partial charge in [0.25, 0.3) is 0 Å². The van der Waals surface area contributed by atoms with Crippen LogP contribution in [0.2, 0.25) is 0 Å². The van der Waals surface area contributed by atoms with Crippen LogP contribution in [-0.4, -0.2) is 35.0 Å². The first-order valence-electron chi connectivity index (χ1n) is 9.65. The van der Waals surface area contributed by atoms with Gasteiger partial charge in [0.2, 0.25) is 5.78 Å². The minimum absolute atomic E-state index is 0.110. The lowest BCUT2D eigenvalue weighted by Crippen LogP contribution is -2.27. The molecule has 0 bridgehead atoms. The molecule has 0 saturated carbocycles. The highest BCUT2D eigenvalue weighted by molar-refractivity contribution is 6.13. The van der Waals surface area contributed by atoms with E-state index in [9.17, 15) is 14.4 Å². The molecule has 3 rings (SSSR count). The summed E-state index contributed by atoms with van der Waals surface area (Å²) in [5.41, 5.74) is 7.81. The number of hydrogen-bond donors (Lipinski definition) is 2. The first-order valence-corrected chi connectivity index (χ1v) is 9.65. The fourth-order valence-electron chi connectivity index (χ4n) is 3.30. The largest absolute Gasteiger partial charge is 0.465 e. The number of fused-ring (bicyclic) bond motifs is 1. The highest BCUT2D eigenvalue weighted by atomic mass is 16.6. The van der Waals surface area contributed by atoms with Crippen molar-refractivity contribution in [1.82, 2.24) is 4.40 Å². The van der Waals surface area contributed by atoms with Gasteiger partial charge in [-0.1, -0.05) is 6.07 Å². The van der Waals surface area contributed by atoms with Crippen molar-refractivity contribution in [3.63, 3.8) is 0 Å². The fraction of sp³-hybridized carbons (Fsp3) is 0.261. The Morgan fingerprint density at radius 2 is 1.81 bits per heavy atom. The van der Waals surface area contributed by atoms with Crippen LogP contribution in [0.5, 0.6) is 0 Å². The molecule has 0 atom stereocenters. The number of benzene rings is 1. The average Bonchev–Trinajstić information content (AvgIpc) is 2.97. The zero-order valence-corrected chi connectivity index (χ0v) is 18.1. The number of carbonyl (C=O) groups is 3. The van der Waals surface area contributed by atoms with Crippen LogP contribution in [0.1, 0.15) is 52.7 Å². The molecule has 2 aromatic heterocycles. The monoisotopic (exact) mass is 423 g/mol. The van der Waals surface area contributed by atoms with Crippen molar-refractivity contribution in [2.45, 2.75) is 33.3 Å². The third kappa shape index (κ3) is 4.37. The minimum Gasteiger partial charge on any atom is -0.465 e. The lowest BCUT2D eigenvalue weighted by molar-refractivity contribution is 0.0599. The Balaban J connectivity index is 2.09. The number of ether oxygens (including phenoxy) is 2. The zero-order chi connectivity index (χ0) is 22.9. The summed E-state index contributed by atoms with van der Waals surface area (Å²) < 4.78 is 11.8. The van der Waals surface area contributed by atoms with E-state index in [1.165, 1.54) is 19.2 Å². The normalized spacial score (nSPS) is 11.3. The Kier molecular flexibility index (Phi) is 5.75. The Morgan fingerprint density at radius 1 is 1.10 bits per heavy atom. The lowest BCUT2D eigenvalue weighted by Gasteiger charge is -2.19. The third-order valence-electron chi connectivity index (χ3n) is 4.65. The van der Waals surface area contributed by atoms with Gasteiger partial charge < -0.3 is 19.6 Å². The number of rotatable bonds is 4. The van der Waals surface area contributed by atoms with E-state index in [0.717, 1.165) is 0 Å². The number of carbonyl (C=O) groups excluding carboxylic acids is 3. The number of nitrogens with two attached hydrogens (primary N) is 1. The number of anilines is 2. The maximum atomic E-state index is 13.4. The molecule has 0 radical (unpaired) electrons. The van der Waals surface area contributed by atoms with Crippen molar-refractivity contribution < 1.29 is 23.9 Å². The van der Waals surface area contributed by atoms with Gasteiger partial charge in [0.1, 0.15) is 5.60 Å². The summed E-state index contributed by atoms with van der Waals surface area (Å²) in [6.45, 7) is 7.05. The molecule has 0 aliphatic carbocycles. The molecule has 8 nitrogen and oxygen atoms in total. The molecule has 0 fully saturated rings. The third-order valence-corrected chi connectivity index (χ3v) is 4.65. The number of esters is 1. The van der Waals surface area contributed by atoms with Crippen molar-refractivity contribution in [1.29, 1.82) is 0 Å². The zero-order valence-electron chi connectivity index (χ0n) is 18.1. The quantitative estimate of drug-likeness (QED) is 0.370. The molecule has 0 saturated heterocycles. The number of methoxy groups -OCH3 is 1. The van der Waals surface area contributed by atoms with E-state index >= 15 is 0 Å². The van der Waals surface area contributed by atoms with Crippen LogP contribution >= 0.6 is 0 Å². The van der Waals surface area contributed by atoms with Crippen LogP contribution in [-0.2, 0) is 9.47 Å². The molecule has 1 amide bonds. The Bertz CT molecular complexity index is 1190. The molecule has 0 spiro atoms. The van der Waals surface area contributed by atoms with E-state index in [0.29, 0.717) is 22.5 Å². The van der Waals surface area contributed by atoms with Crippen LogP contribution in [0, 0.1) is 6.92 Å². The molecule has 3 aromatic rings. The van der Waals surface area contributed by atoms with Crippen LogP contribution < -0.4 is 11.1 Å². The number of ketones is 1. The summed E-state index contributed by atoms with van der Waals surface area (Å²) in [6.07, 6.45) is 1.11. The molecular formula is C23H25N3O5. The second kappa shape index (κ2) is 8.14. The minimum atomic E-state index is -0.666. The molecule has 0 aliphatic heterocycles. The smallest absolute Gasteiger partial charge is 0.412 e. The van der Waals surface area contributed by atoms with Crippen molar-refractivity contribution in [2.24, 2.45) is 0 Å². The van der Waals surface area contributed by atoms with Crippen LogP contribution in [0.25, 0.3) is 5.52 Å². The van der Waals surface area contributed by atoms with Gasteiger partial charge in [-0.3, -0.25) is 10.1 Å². The molecule has 1 aromatic carbocycles. The van der Waals surface area contributed by atoms with E-state index in [1.807, 2.05) is 6.07 Å². The van der Waals surface area contributed by atoms with E-state index in [1.54, 1.807) is 56.5 Å². The van der Waals surface area contributed by atoms with Crippen molar-refractivity contribution >= 4 is 34.7 Å². The Hall–Kier alpha value is -3.81. The number of nitrogens with zero attached hydrogens (tertiary/aromatic N) is 1. The van der Waals surface area contributed by atoms with Gasteiger partial charge in [0, 0.05) is 23.0 Å². The van der Waals surface area contributed by atoms with Crippen LogP contribution in [0.3, 0.4) is 0 Å². The SMILES string of the molecule is COC(=O)c1cc(C(=O)c2c(C)c(NC(=O)OC(C)(C)C)c3ccccn23)ccc1N. The van der Waals surface area contributed by atoms with E-state index in [-0.39, 0.29) is 22.6 Å². The van der Waals surface area contributed by atoms with Gasteiger partial charge in [-0.25, -0.2) is 9.59 Å². The molecule has 8 heteroatoms. The predicted octanol–water partition coefficient (Wildman–Crippen LogP) is 4.19. The maximum Gasteiger partial charge on any atom is 0.412 e. The Labute approximate surface area is 179 Å². The summed E-state index contributed by atoms with van der Waals surface area (Å²) in [5, 5.41) is 2.76. The summed E-state index contributed by atoms with van der Waals surface area (Å²) in [6, 6.07) is 9.83. The highest BCUT2D eigenvalue weighted by Crippen LogP contribution is 2.31. The van der Waals surface area contributed by atoms with Gasteiger partial charge >= 0.3 is 12.1 Å². The van der Waals surface area contributed by atoms with Crippen molar-refractivity contribution in [3.05, 3.63) is 65.0 Å². The molecule has 162 valence electrons. The average molecular weight is 423 g/mol. The van der Waals surface area contributed by atoms with Crippen LogP contribution in [0.4, 0.5) is 16.2 Å². The molecular weight excluding hydrogens is 398 g/mol. The van der Waals surface area contributed by atoms with Crippen LogP contribution in [0.15, 0.2) is 42.6 Å². The molecule has 0 aliphatic rings. The molecule has 3 N–H and O–H groups in total. The highest BCUT2D eigenvalue weighted by Gasteiger charge is 2.25. The number of amides is 1. The number of nitrogens with one attached hydrogen (secondary N) is 1. The first-order chi connectivity index (χ1) is 14.5. The van der Waals surface area contributed by atoms with Gasteiger partial charge in [0.15, 0.2) is 0 Å². The first kappa shape index (κ1) is 21.9. The number of aromatic nitrogens is 1. The van der Waals surface area contributed by atoms with E-state index < -0.39 is 17.7 Å². The summed E-state index contributed by atoms with van der Waals surface area (Å²) in [7, 11) is 1.25. The predicted molar refractivity (Wildman–Crippen MR) is 118 cm³/mol. The van der Waals surface area contributed by atoms with Crippen molar-refractivity contribution in [3.8, 4) is 0 Å². The van der Waals surface area contributed by atoms with Crippen molar-refractivity contribution in [2.75, 3.05) is 18.2 Å². The standard InChI is InChI=1S/C23H25N3O5/c1-13-18(25-22(29)31-23(2,3)4)17-8-6-7-11-26(17)19(13)20(27)14-9-10-16(24)15(12-14)21(28)30-5/h6-12H,24H2,1-5H3,(H,25,29). The van der Waals surface area contributed by atoms with Gasteiger partial charge in [0.05, 0.1) is 29.6 Å². The van der Waals surface area contributed by atoms with Gasteiger partial charge in [-0.05, 0) is 58.0 Å². The summed E-state index contributed by atoms with van der Waals surface area (Å²) in [4.78, 5) is 37.8. The van der Waals surface area contributed by atoms with E-state index in [4.69, 9.17) is 15.2 Å². The van der Waals surface area contributed by atoms with Gasteiger partial charge in [-0.2, -0.15) is 0 Å². The fourth-order valence-corrected chi connectivity index (χ4v) is 3.30. The number of nitrogen functional groups attached to an aromatic ring is 1. The topological polar surface area (TPSA) is 112 Å². The van der Waals surface area contributed by atoms with Gasteiger partial charge in [-0.15, -0.1) is 0 Å². The summed E-state index contributed by atoms with van der Waals surface area (Å²) >= 11 is 0. The Morgan fingerprint density at radius 3 is 2.45 bits per heavy atom. The maximum absolute atomic E-state index is 13.4. The number of pyridine rings is 1. The lowest BCUT2D eigenvalue weighted by atomic mass is 10.0. The molecule has 0 unspecified atom stereocenters. The molecule has 2 heterocycles.